The van der Waals surface area contributed by atoms with Crippen molar-refractivity contribution in [2.75, 3.05) is 14.2 Å². The number of phenolic OH excluding ortho intramolecular Hbond substituents is 1. The van der Waals surface area contributed by atoms with E-state index in [-0.39, 0.29) is 5.75 Å². The number of ether oxygens (including phenoxy) is 2. The molecule has 1 aromatic carbocycles. The number of rotatable bonds is 3. The quantitative estimate of drug-likeness (QED) is 0.735. The Kier molecular flexibility index (Phi) is 3.69. The predicted molar refractivity (Wildman–Crippen MR) is 54.6 cm³/mol. The molecule has 0 bridgehead atoms. The van der Waals surface area contributed by atoms with Gasteiger partial charge in [0.2, 0.25) is 5.75 Å². The summed E-state index contributed by atoms with van der Waals surface area (Å²) >= 11 is 0. The summed E-state index contributed by atoms with van der Waals surface area (Å²) in [6, 6.07) is 3.28. The number of hydrogen-bond donors (Lipinski definition) is 2. The molecule has 0 unspecified atom stereocenters. The third kappa shape index (κ3) is 2.47. The molecule has 2 N–H and O–H groups in total. The van der Waals surface area contributed by atoms with Crippen LogP contribution in [0.4, 0.5) is 0 Å². The van der Waals surface area contributed by atoms with Crippen molar-refractivity contribution in [1.29, 1.82) is 0 Å². The number of aliphatic hydroxyl groups is 1. The Bertz CT molecular complexity index is 376. The van der Waals surface area contributed by atoms with Crippen molar-refractivity contribution in [3.8, 4) is 29.3 Å². The topological polar surface area (TPSA) is 58.9 Å². The molecule has 4 nitrogen and oxygen atoms in total. The van der Waals surface area contributed by atoms with Crippen LogP contribution in [0.2, 0.25) is 0 Å². The van der Waals surface area contributed by atoms with E-state index >= 15 is 0 Å². The van der Waals surface area contributed by atoms with Crippen molar-refractivity contribution < 1.29 is 19.7 Å². The van der Waals surface area contributed by atoms with Crippen LogP contribution < -0.4 is 9.47 Å². The van der Waals surface area contributed by atoms with Crippen molar-refractivity contribution in [1.82, 2.24) is 0 Å². The summed E-state index contributed by atoms with van der Waals surface area (Å²) in [5, 5.41) is 18.0. The van der Waals surface area contributed by atoms with E-state index < -0.39 is 0 Å². The minimum atomic E-state index is -0.0410. The summed E-state index contributed by atoms with van der Waals surface area (Å²) in [6.07, 6.45) is 2.18. The minimum absolute atomic E-state index is 0.0410. The fourth-order valence-electron chi connectivity index (χ4n) is 1.19. The molecule has 15 heavy (non-hydrogen) atoms. The van der Waals surface area contributed by atoms with E-state index in [1.807, 2.05) is 6.11 Å². The molecule has 80 valence electrons. The summed E-state index contributed by atoms with van der Waals surface area (Å²) in [4.78, 5) is 0. The molecular formula is C11H12O4. The zero-order chi connectivity index (χ0) is 11.3. The van der Waals surface area contributed by atoms with Gasteiger partial charge in [-0.25, -0.2) is 0 Å². The lowest BCUT2D eigenvalue weighted by Gasteiger charge is -2.09. The smallest absolute Gasteiger partial charge is 0.200 e. The molecule has 0 aliphatic rings. The monoisotopic (exact) mass is 208 g/mol. The number of aromatic hydroxyl groups is 1. The van der Waals surface area contributed by atoms with E-state index in [0.29, 0.717) is 17.9 Å². The largest absolute Gasteiger partial charge is 0.502 e. The van der Waals surface area contributed by atoms with Gasteiger partial charge in [-0.15, -0.1) is 0 Å². The fraction of sp³-hybridized carbons (Fsp3) is 0.273. The number of benzene rings is 1. The predicted octanol–water partition coefficient (Wildman–Crippen LogP) is 1.29. The Labute approximate surface area is 88.1 Å². The maximum atomic E-state index is 9.60. The zero-order valence-electron chi connectivity index (χ0n) is 8.57. The number of hydrogen-bond acceptors (Lipinski definition) is 4. The van der Waals surface area contributed by atoms with Crippen molar-refractivity contribution in [3.05, 3.63) is 17.7 Å². The van der Waals surface area contributed by atoms with Crippen LogP contribution in [0.5, 0.6) is 17.2 Å². The highest BCUT2D eigenvalue weighted by Crippen LogP contribution is 2.37. The van der Waals surface area contributed by atoms with E-state index in [2.05, 4.69) is 5.92 Å². The van der Waals surface area contributed by atoms with Crippen LogP contribution >= 0.6 is 0 Å². The maximum absolute atomic E-state index is 9.60. The number of methoxy groups -OCH3 is 2. The van der Waals surface area contributed by atoms with E-state index in [0.717, 1.165) is 5.56 Å². The Balaban J connectivity index is 3.12. The van der Waals surface area contributed by atoms with E-state index in [1.54, 1.807) is 12.1 Å². The summed E-state index contributed by atoms with van der Waals surface area (Å²) in [5.41, 5.74) is 0.794. The molecule has 0 atom stereocenters. The van der Waals surface area contributed by atoms with Crippen LogP contribution in [0.3, 0.4) is 0 Å². The molecule has 0 saturated carbocycles. The molecule has 0 radical (unpaired) electrons. The SMILES string of the molecule is COc1cc(CC#CO)cc(OC)c1O. The lowest BCUT2D eigenvalue weighted by molar-refractivity contribution is 0.339. The summed E-state index contributed by atoms with van der Waals surface area (Å²) in [5.74, 6) is 3.10. The Morgan fingerprint density at radius 2 is 1.73 bits per heavy atom. The van der Waals surface area contributed by atoms with E-state index in [1.165, 1.54) is 14.2 Å². The van der Waals surface area contributed by atoms with Gasteiger partial charge in [0.25, 0.3) is 0 Å². The minimum Gasteiger partial charge on any atom is -0.502 e. The average Bonchev–Trinajstić information content (AvgIpc) is 2.27. The first-order valence-electron chi connectivity index (χ1n) is 4.28. The molecule has 0 heterocycles. The van der Waals surface area contributed by atoms with Crippen molar-refractivity contribution in [2.45, 2.75) is 6.42 Å². The third-order valence-corrected chi connectivity index (χ3v) is 1.91. The van der Waals surface area contributed by atoms with Crippen LogP contribution in [0, 0.1) is 12.0 Å². The highest BCUT2D eigenvalue weighted by Gasteiger charge is 2.10. The number of aliphatic hydroxyl groups excluding tert-OH is 1. The third-order valence-electron chi connectivity index (χ3n) is 1.91. The average molecular weight is 208 g/mol. The molecule has 4 heteroatoms. The van der Waals surface area contributed by atoms with Crippen molar-refractivity contribution in [3.63, 3.8) is 0 Å². The van der Waals surface area contributed by atoms with E-state index in [9.17, 15) is 5.11 Å². The Morgan fingerprint density at radius 1 is 1.20 bits per heavy atom. The van der Waals surface area contributed by atoms with Gasteiger partial charge in [0.1, 0.15) is 6.11 Å². The van der Waals surface area contributed by atoms with Gasteiger partial charge in [0, 0.05) is 6.42 Å². The molecule has 0 aliphatic carbocycles. The zero-order valence-corrected chi connectivity index (χ0v) is 8.57. The van der Waals surface area contributed by atoms with Crippen LogP contribution in [0.15, 0.2) is 12.1 Å². The lowest BCUT2D eigenvalue weighted by Crippen LogP contribution is -1.92. The van der Waals surface area contributed by atoms with Gasteiger partial charge in [0.05, 0.1) is 14.2 Å². The second-order valence-corrected chi connectivity index (χ2v) is 2.81. The van der Waals surface area contributed by atoms with E-state index in [4.69, 9.17) is 14.6 Å². The highest BCUT2D eigenvalue weighted by atomic mass is 16.5. The van der Waals surface area contributed by atoms with Crippen LogP contribution in [-0.4, -0.2) is 24.4 Å². The maximum Gasteiger partial charge on any atom is 0.200 e. The highest BCUT2D eigenvalue weighted by molar-refractivity contribution is 5.53. The molecule has 0 aromatic heterocycles. The van der Waals surface area contributed by atoms with Crippen molar-refractivity contribution >= 4 is 0 Å². The summed E-state index contributed by atoms with van der Waals surface area (Å²) in [6.45, 7) is 0. The van der Waals surface area contributed by atoms with Crippen LogP contribution in [0.1, 0.15) is 5.56 Å². The standard InChI is InChI=1S/C11H12O4/c1-14-9-6-8(4-3-5-12)7-10(15-2)11(9)13/h6-7,12-13H,4H2,1-2H3. The molecule has 0 spiro atoms. The molecule has 0 saturated heterocycles. The van der Waals surface area contributed by atoms with Crippen LogP contribution in [0.25, 0.3) is 0 Å². The Hall–Kier alpha value is -2.02. The number of phenols is 1. The Morgan fingerprint density at radius 3 is 2.13 bits per heavy atom. The molecular weight excluding hydrogens is 196 g/mol. The van der Waals surface area contributed by atoms with Gasteiger partial charge in [-0.2, -0.15) is 0 Å². The van der Waals surface area contributed by atoms with Gasteiger partial charge in [-0.1, -0.05) is 5.92 Å². The van der Waals surface area contributed by atoms with Crippen molar-refractivity contribution in [2.24, 2.45) is 0 Å². The second-order valence-electron chi connectivity index (χ2n) is 2.81. The first-order chi connectivity index (χ1) is 7.22. The van der Waals surface area contributed by atoms with Gasteiger partial charge in [0.15, 0.2) is 11.5 Å². The summed E-state index contributed by atoms with van der Waals surface area (Å²) < 4.78 is 9.93. The van der Waals surface area contributed by atoms with Gasteiger partial charge in [-0.3, -0.25) is 0 Å². The van der Waals surface area contributed by atoms with Gasteiger partial charge >= 0.3 is 0 Å². The molecule has 0 aliphatic heterocycles. The first-order valence-corrected chi connectivity index (χ1v) is 4.28. The normalized spacial score (nSPS) is 8.93. The molecule has 1 rings (SSSR count). The molecule has 1 aromatic rings. The van der Waals surface area contributed by atoms with Gasteiger partial charge < -0.3 is 19.7 Å². The molecule has 0 fully saturated rings. The fourth-order valence-corrected chi connectivity index (χ4v) is 1.19. The first kappa shape index (κ1) is 11.1. The second kappa shape index (κ2) is 5.01. The lowest BCUT2D eigenvalue weighted by atomic mass is 10.1. The van der Waals surface area contributed by atoms with Crippen LogP contribution in [-0.2, 0) is 6.42 Å². The van der Waals surface area contributed by atoms with Gasteiger partial charge in [-0.05, 0) is 17.7 Å². The summed E-state index contributed by atoms with van der Waals surface area (Å²) in [7, 11) is 2.91. The molecule has 0 amide bonds.